The third-order valence-electron chi connectivity index (χ3n) is 4.39. The molecule has 0 aromatic carbocycles. The first-order valence-electron chi connectivity index (χ1n) is 7.40. The van der Waals surface area contributed by atoms with Crippen LogP contribution >= 0.6 is 0 Å². The lowest BCUT2D eigenvalue weighted by molar-refractivity contribution is 0.248. The normalized spacial score (nSPS) is 22.5. The first kappa shape index (κ1) is 12.9. The number of hydrogen-bond donors (Lipinski definition) is 1. The van der Waals surface area contributed by atoms with Crippen molar-refractivity contribution in [3.63, 3.8) is 0 Å². The third kappa shape index (κ3) is 2.90. The van der Waals surface area contributed by atoms with Crippen LogP contribution in [-0.4, -0.2) is 49.2 Å². The monoisotopic (exact) mass is 260 g/mol. The lowest BCUT2D eigenvalue weighted by atomic mass is 10.2. The largest absolute Gasteiger partial charge is 0.368 e. The summed E-state index contributed by atoms with van der Waals surface area (Å²) in [4.78, 5) is 9.67. The van der Waals surface area contributed by atoms with Gasteiger partial charge in [0.25, 0.3) is 0 Å². The molecule has 1 aromatic rings. The predicted molar refractivity (Wildman–Crippen MR) is 78.5 cm³/mol. The molecule has 0 radical (unpaired) electrons. The van der Waals surface area contributed by atoms with Crippen molar-refractivity contribution < 1.29 is 0 Å². The van der Waals surface area contributed by atoms with Crippen LogP contribution in [0, 0.1) is 0 Å². The van der Waals surface area contributed by atoms with Crippen molar-refractivity contribution in [2.45, 2.75) is 31.8 Å². The Hall–Kier alpha value is -1.13. The summed E-state index contributed by atoms with van der Waals surface area (Å²) in [5.41, 5.74) is 2.38. The summed E-state index contributed by atoms with van der Waals surface area (Å²) >= 11 is 0. The van der Waals surface area contributed by atoms with Crippen molar-refractivity contribution in [1.82, 2.24) is 15.2 Å². The van der Waals surface area contributed by atoms with Crippen LogP contribution in [0.15, 0.2) is 18.3 Å². The van der Waals surface area contributed by atoms with Crippen LogP contribution in [0.5, 0.6) is 0 Å². The maximum atomic E-state index is 4.57. The quantitative estimate of drug-likeness (QED) is 0.892. The molecule has 4 heteroatoms. The molecule has 0 amide bonds. The first-order chi connectivity index (χ1) is 9.28. The molecule has 4 nitrogen and oxygen atoms in total. The van der Waals surface area contributed by atoms with Gasteiger partial charge < -0.3 is 10.2 Å². The van der Waals surface area contributed by atoms with E-state index in [0.717, 1.165) is 24.8 Å². The number of rotatable bonds is 4. The Morgan fingerprint density at radius 1 is 1.21 bits per heavy atom. The molecule has 2 heterocycles. The molecular weight excluding hydrogens is 236 g/mol. The zero-order valence-electron chi connectivity index (χ0n) is 12.0. The van der Waals surface area contributed by atoms with Crippen LogP contribution in [0.25, 0.3) is 0 Å². The van der Waals surface area contributed by atoms with Gasteiger partial charge in [0.1, 0.15) is 0 Å². The fraction of sp³-hybridized carbons (Fsp3) is 0.667. The van der Waals surface area contributed by atoms with Gasteiger partial charge in [0.15, 0.2) is 0 Å². The molecule has 104 valence electrons. The second kappa shape index (κ2) is 5.47. The second-order valence-electron chi connectivity index (χ2n) is 5.71. The van der Waals surface area contributed by atoms with Crippen molar-refractivity contribution in [1.29, 1.82) is 0 Å². The highest BCUT2D eigenvalue weighted by atomic mass is 15.3. The number of nitrogens with zero attached hydrogens (tertiary/aromatic N) is 3. The van der Waals surface area contributed by atoms with Gasteiger partial charge in [-0.05, 0) is 38.9 Å². The number of piperazine rings is 1. The summed E-state index contributed by atoms with van der Waals surface area (Å²) in [6.07, 6.45) is 4.85. The van der Waals surface area contributed by atoms with Crippen LogP contribution < -0.4 is 10.2 Å². The smallest absolute Gasteiger partial charge is 0.0571 e. The Labute approximate surface area is 115 Å². The first-order valence-corrected chi connectivity index (χ1v) is 7.40. The van der Waals surface area contributed by atoms with Gasteiger partial charge in [-0.15, -0.1) is 0 Å². The maximum absolute atomic E-state index is 4.57. The Bertz CT molecular complexity index is 405. The Kier molecular flexibility index (Phi) is 3.71. The van der Waals surface area contributed by atoms with Gasteiger partial charge in [0.2, 0.25) is 0 Å². The van der Waals surface area contributed by atoms with E-state index in [2.05, 4.69) is 39.2 Å². The average molecular weight is 260 g/mol. The Balaban J connectivity index is 1.60. The Morgan fingerprint density at radius 2 is 1.95 bits per heavy atom. The minimum atomic E-state index is 0.320. The van der Waals surface area contributed by atoms with Crippen molar-refractivity contribution in [3.8, 4) is 0 Å². The molecule has 0 bridgehead atoms. The summed E-state index contributed by atoms with van der Waals surface area (Å²) in [6.45, 7) is 6.83. The summed E-state index contributed by atoms with van der Waals surface area (Å²) in [5.74, 6) is 0. The minimum Gasteiger partial charge on any atom is -0.368 e. The minimum absolute atomic E-state index is 0.320. The van der Waals surface area contributed by atoms with Crippen molar-refractivity contribution in [2.75, 3.05) is 38.1 Å². The summed E-state index contributed by atoms with van der Waals surface area (Å²) in [7, 11) is 1.97. The van der Waals surface area contributed by atoms with Crippen LogP contribution in [0.3, 0.4) is 0 Å². The van der Waals surface area contributed by atoms with Crippen molar-refractivity contribution in [2.24, 2.45) is 0 Å². The van der Waals surface area contributed by atoms with E-state index in [1.54, 1.807) is 0 Å². The molecule has 2 fully saturated rings. The van der Waals surface area contributed by atoms with Crippen molar-refractivity contribution in [3.05, 3.63) is 24.0 Å². The van der Waals surface area contributed by atoms with E-state index >= 15 is 0 Å². The zero-order valence-corrected chi connectivity index (χ0v) is 12.0. The zero-order chi connectivity index (χ0) is 13.2. The number of nitrogens with one attached hydrogen (secondary N) is 1. The molecule has 1 saturated carbocycles. The topological polar surface area (TPSA) is 31.4 Å². The molecule has 1 N–H and O–H groups in total. The number of hydrogen-bond acceptors (Lipinski definition) is 4. The van der Waals surface area contributed by atoms with Crippen LogP contribution in [0.4, 0.5) is 5.69 Å². The highest BCUT2D eigenvalue weighted by molar-refractivity contribution is 5.45. The highest BCUT2D eigenvalue weighted by Gasteiger charge is 2.31. The van der Waals surface area contributed by atoms with Gasteiger partial charge in [-0.3, -0.25) is 9.88 Å². The molecule has 1 aliphatic carbocycles. The molecule has 19 heavy (non-hydrogen) atoms. The molecule has 1 saturated heterocycles. The summed E-state index contributed by atoms with van der Waals surface area (Å²) in [5, 5.41) is 3.22. The molecule has 0 spiro atoms. The molecule has 1 atom stereocenters. The van der Waals surface area contributed by atoms with Gasteiger partial charge in [-0.1, -0.05) is 0 Å². The van der Waals surface area contributed by atoms with Gasteiger partial charge in [-0.25, -0.2) is 0 Å². The average Bonchev–Trinajstić information content (AvgIpc) is 3.31. The van der Waals surface area contributed by atoms with E-state index in [-0.39, 0.29) is 0 Å². The van der Waals surface area contributed by atoms with Gasteiger partial charge in [0, 0.05) is 38.3 Å². The third-order valence-corrected chi connectivity index (χ3v) is 4.39. The highest BCUT2D eigenvalue weighted by Crippen LogP contribution is 2.28. The van der Waals surface area contributed by atoms with Gasteiger partial charge in [0.05, 0.1) is 17.6 Å². The maximum Gasteiger partial charge on any atom is 0.0571 e. The van der Waals surface area contributed by atoms with E-state index in [4.69, 9.17) is 0 Å². The van der Waals surface area contributed by atoms with E-state index in [1.807, 2.05) is 13.2 Å². The van der Waals surface area contributed by atoms with Crippen molar-refractivity contribution >= 4 is 5.69 Å². The van der Waals surface area contributed by atoms with Gasteiger partial charge >= 0.3 is 0 Å². The van der Waals surface area contributed by atoms with Crippen LogP contribution in [0.2, 0.25) is 0 Å². The molecule has 1 aliphatic heterocycles. The summed E-state index contributed by atoms with van der Waals surface area (Å²) in [6, 6.07) is 5.58. The molecule has 1 unspecified atom stereocenters. The fourth-order valence-electron chi connectivity index (χ4n) is 2.77. The lowest BCUT2D eigenvalue weighted by Gasteiger charge is -2.36. The number of anilines is 1. The van der Waals surface area contributed by atoms with E-state index in [1.165, 1.54) is 31.6 Å². The molecule has 2 aliphatic rings. The SMILES string of the molecule is CNC(C)c1ccc(N2CCN(C3CC3)CC2)cn1. The van der Waals surface area contributed by atoms with E-state index < -0.39 is 0 Å². The molecule has 1 aromatic heterocycles. The van der Waals surface area contributed by atoms with Crippen LogP contribution in [-0.2, 0) is 0 Å². The predicted octanol–water partition coefficient (Wildman–Crippen LogP) is 1.65. The van der Waals surface area contributed by atoms with Crippen LogP contribution in [0.1, 0.15) is 31.5 Å². The van der Waals surface area contributed by atoms with E-state index in [0.29, 0.717) is 6.04 Å². The van der Waals surface area contributed by atoms with E-state index in [9.17, 15) is 0 Å². The Morgan fingerprint density at radius 3 is 2.47 bits per heavy atom. The number of aromatic nitrogens is 1. The molecular formula is C15H24N4. The summed E-state index contributed by atoms with van der Waals surface area (Å²) < 4.78 is 0. The molecule has 3 rings (SSSR count). The second-order valence-corrected chi connectivity index (χ2v) is 5.71. The lowest BCUT2D eigenvalue weighted by Crippen LogP contribution is -2.47. The fourth-order valence-corrected chi connectivity index (χ4v) is 2.77. The number of pyridine rings is 1. The van der Waals surface area contributed by atoms with Gasteiger partial charge in [-0.2, -0.15) is 0 Å². The standard InChI is InChI=1S/C15H24N4/c1-12(16-2)15-6-5-14(11-17-15)19-9-7-18(8-10-19)13-3-4-13/h5-6,11-13,16H,3-4,7-10H2,1-2H3.